The van der Waals surface area contributed by atoms with Crippen molar-refractivity contribution in [2.75, 3.05) is 38.2 Å². The van der Waals surface area contributed by atoms with Crippen LogP contribution in [0.25, 0.3) is 0 Å². The van der Waals surface area contributed by atoms with E-state index in [-0.39, 0.29) is 24.6 Å². The number of rotatable bonds is 5. The number of ether oxygens (including phenoxy) is 2. The van der Waals surface area contributed by atoms with E-state index < -0.39 is 5.41 Å². The third-order valence-electron chi connectivity index (χ3n) is 5.85. The van der Waals surface area contributed by atoms with E-state index in [1.165, 1.54) is 0 Å². The summed E-state index contributed by atoms with van der Waals surface area (Å²) in [6.45, 7) is 6.53. The van der Waals surface area contributed by atoms with Crippen molar-refractivity contribution in [3.63, 3.8) is 0 Å². The Bertz CT molecular complexity index is 892. The van der Waals surface area contributed by atoms with E-state index in [2.05, 4.69) is 16.0 Å². The molecule has 2 saturated heterocycles. The second-order valence-corrected chi connectivity index (χ2v) is 8.44. The fourth-order valence-electron chi connectivity index (χ4n) is 4.60. The summed E-state index contributed by atoms with van der Waals surface area (Å²) in [6, 6.07) is 12.0. The van der Waals surface area contributed by atoms with E-state index >= 15 is 0 Å². The van der Waals surface area contributed by atoms with Crippen LogP contribution in [0.4, 0.5) is 5.69 Å². The van der Waals surface area contributed by atoms with Crippen LogP contribution >= 0.6 is 0 Å². The summed E-state index contributed by atoms with van der Waals surface area (Å²) in [4.78, 5) is 30.5. The number of anilines is 1. The highest BCUT2D eigenvalue weighted by atomic mass is 16.5. The van der Waals surface area contributed by atoms with Crippen molar-refractivity contribution in [3.05, 3.63) is 54.4 Å². The highest BCUT2D eigenvalue weighted by Crippen LogP contribution is 2.40. The summed E-state index contributed by atoms with van der Waals surface area (Å²) < 4.78 is 11.2. The van der Waals surface area contributed by atoms with Crippen LogP contribution in [-0.2, 0) is 20.7 Å². The average molecular weight is 442 g/mol. The van der Waals surface area contributed by atoms with Gasteiger partial charge in [-0.25, -0.2) is 0 Å². The number of morpholine rings is 1. The molecular weight excluding hydrogens is 410 g/mol. The van der Waals surface area contributed by atoms with Crippen molar-refractivity contribution in [3.8, 4) is 5.75 Å². The Hall–Kier alpha value is -3.13. The number of carbonyl (C=O) groups excluding carboxylic acids is 1. The molecule has 8 heteroatoms. The number of carbonyl (C=O) groups is 2. The highest BCUT2D eigenvalue weighted by Gasteiger charge is 2.51. The Kier molecular flexibility index (Phi) is 7.69. The summed E-state index contributed by atoms with van der Waals surface area (Å²) >= 11 is 0. The van der Waals surface area contributed by atoms with Gasteiger partial charge in [0.15, 0.2) is 0 Å². The van der Waals surface area contributed by atoms with Crippen LogP contribution < -0.4 is 9.64 Å². The number of nitrogens with zero attached hydrogens (tertiary/aromatic N) is 3. The normalized spacial score (nSPS) is 21.6. The smallest absolute Gasteiger partial charge is 0.290 e. The number of benzene rings is 1. The largest absolute Gasteiger partial charge is 0.497 e. The van der Waals surface area contributed by atoms with Crippen LogP contribution in [0.15, 0.2) is 48.8 Å². The predicted octanol–water partition coefficient (Wildman–Crippen LogP) is 2.48. The monoisotopic (exact) mass is 441 g/mol. The molecule has 3 heterocycles. The number of pyridine rings is 1. The molecule has 0 spiro atoms. The van der Waals surface area contributed by atoms with Gasteiger partial charge in [-0.3, -0.25) is 14.6 Å². The molecule has 4 rings (SSSR count). The second kappa shape index (κ2) is 10.5. The first-order valence-electron chi connectivity index (χ1n) is 10.7. The first kappa shape index (κ1) is 23.5. The zero-order valence-electron chi connectivity index (χ0n) is 18.8. The van der Waals surface area contributed by atoms with Gasteiger partial charge in [-0.1, -0.05) is 12.1 Å². The lowest BCUT2D eigenvalue weighted by molar-refractivity contribution is -0.155. The molecule has 1 amide bonds. The molecule has 32 heavy (non-hydrogen) atoms. The number of amides is 1. The van der Waals surface area contributed by atoms with Gasteiger partial charge in [0.05, 0.1) is 24.7 Å². The van der Waals surface area contributed by atoms with Gasteiger partial charge in [0.25, 0.3) is 6.47 Å². The van der Waals surface area contributed by atoms with Crippen molar-refractivity contribution >= 4 is 18.1 Å². The lowest BCUT2D eigenvalue weighted by Gasteiger charge is -2.53. The van der Waals surface area contributed by atoms with Gasteiger partial charge in [0.2, 0.25) is 5.91 Å². The second-order valence-electron chi connectivity index (χ2n) is 8.44. The van der Waals surface area contributed by atoms with Gasteiger partial charge >= 0.3 is 0 Å². The number of carboxylic acid groups (broad SMARTS) is 1. The number of hydrogen-bond donors (Lipinski definition) is 1. The summed E-state index contributed by atoms with van der Waals surface area (Å²) in [5, 5.41) is 6.89. The maximum absolute atomic E-state index is 13.7. The third-order valence-corrected chi connectivity index (χ3v) is 5.85. The minimum atomic E-state index is -0.438. The van der Waals surface area contributed by atoms with E-state index in [1.54, 1.807) is 19.5 Å². The lowest BCUT2D eigenvalue weighted by atomic mass is 9.73. The summed E-state index contributed by atoms with van der Waals surface area (Å²) in [7, 11) is 1.67. The molecule has 0 bridgehead atoms. The Morgan fingerprint density at radius 3 is 2.44 bits per heavy atom. The zero-order chi connectivity index (χ0) is 23.1. The topological polar surface area (TPSA) is 92.2 Å². The maximum atomic E-state index is 13.7. The van der Waals surface area contributed by atoms with Gasteiger partial charge in [-0.15, -0.1) is 0 Å². The van der Waals surface area contributed by atoms with Crippen LogP contribution in [0.1, 0.15) is 19.4 Å². The highest BCUT2D eigenvalue weighted by molar-refractivity contribution is 5.87. The van der Waals surface area contributed by atoms with Gasteiger partial charge < -0.3 is 24.4 Å². The van der Waals surface area contributed by atoms with Crippen molar-refractivity contribution in [1.82, 2.24) is 9.88 Å². The Morgan fingerprint density at radius 1 is 1.22 bits per heavy atom. The van der Waals surface area contributed by atoms with Crippen molar-refractivity contribution in [1.29, 1.82) is 0 Å². The SMILES string of the molecule is COc1cccc(CC2(C(=O)N3C[C@@H](C)O[C@@H](C)C3)CN(c3ccncc3)C2)c1.O=CO. The molecule has 2 aliphatic rings. The average Bonchev–Trinajstić information content (AvgIpc) is 2.76. The molecule has 2 atom stereocenters. The molecule has 0 saturated carbocycles. The number of methoxy groups -OCH3 is 1. The van der Waals surface area contributed by atoms with E-state index in [0.717, 1.165) is 17.0 Å². The Labute approximate surface area is 188 Å². The third kappa shape index (κ3) is 5.37. The first-order valence-corrected chi connectivity index (χ1v) is 10.7. The fraction of sp³-hybridized carbons (Fsp3) is 0.458. The van der Waals surface area contributed by atoms with Crippen LogP contribution in [0, 0.1) is 5.41 Å². The van der Waals surface area contributed by atoms with Crippen LogP contribution in [0.2, 0.25) is 0 Å². The molecule has 2 aromatic rings. The lowest BCUT2D eigenvalue weighted by Crippen LogP contribution is -2.66. The minimum absolute atomic E-state index is 0.0629. The Morgan fingerprint density at radius 2 is 1.84 bits per heavy atom. The molecule has 1 aromatic carbocycles. The van der Waals surface area contributed by atoms with Crippen molar-refractivity contribution in [2.45, 2.75) is 32.5 Å². The summed E-state index contributed by atoms with van der Waals surface area (Å²) in [5.41, 5.74) is 1.80. The Balaban J connectivity index is 0.000000913. The predicted molar refractivity (Wildman–Crippen MR) is 121 cm³/mol. The molecule has 0 radical (unpaired) electrons. The molecular formula is C24H31N3O5. The van der Waals surface area contributed by atoms with Crippen LogP contribution in [0.5, 0.6) is 5.75 Å². The molecule has 0 aliphatic carbocycles. The van der Waals surface area contributed by atoms with E-state index in [0.29, 0.717) is 32.6 Å². The molecule has 2 fully saturated rings. The van der Waals surface area contributed by atoms with Crippen molar-refractivity contribution < 1.29 is 24.2 Å². The van der Waals surface area contributed by atoms with Gasteiger partial charge in [0, 0.05) is 44.3 Å². The van der Waals surface area contributed by atoms with Crippen LogP contribution in [-0.4, -0.2) is 72.9 Å². The molecule has 2 aliphatic heterocycles. The van der Waals surface area contributed by atoms with Crippen LogP contribution in [0.3, 0.4) is 0 Å². The minimum Gasteiger partial charge on any atom is -0.497 e. The number of hydrogen-bond acceptors (Lipinski definition) is 6. The molecule has 8 nitrogen and oxygen atoms in total. The number of aromatic nitrogens is 1. The molecule has 1 aromatic heterocycles. The fourth-order valence-corrected chi connectivity index (χ4v) is 4.60. The van der Waals surface area contributed by atoms with E-state index in [9.17, 15) is 4.79 Å². The van der Waals surface area contributed by atoms with E-state index in [4.69, 9.17) is 19.4 Å². The standard InChI is InChI=1S/C23H29N3O3.CH2O2/c1-17-13-25(14-18(2)29-17)22(27)23(12-19-5-4-6-21(11-19)28-3)15-26(16-23)20-7-9-24-10-8-20;2-1-3/h4-11,17-18H,12-16H2,1-3H3;1H,(H,2,3)/t17-,18+;. The zero-order valence-corrected chi connectivity index (χ0v) is 18.8. The summed E-state index contributed by atoms with van der Waals surface area (Å²) in [5.74, 6) is 1.05. The summed E-state index contributed by atoms with van der Waals surface area (Å²) in [6.07, 6.45) is 4.42. The first-order chi connectivity index (χ1) is 15.4. The van der Waals surface area contributed by atoms with E-state index in [1.807, 2.05) is 49.1 Å². The van der Waals surface area contributed by atoms with Gasteiger partial charge in [-0.05, 0) is 50.1 Å². The van der Waals surface area contributed by atoms with Gasteiger partial charge in [0.1, 0.15) is 5.75 Å². The van der Waals surface area contributed by atoms with Crippen molar-refractivity contribution in [2.24, 2.45) is 5.41 Å². The quantitative estimate of drug-likeness (QED) is 0.713. The maximum Gasteiger partial charge on any atom is 0.290 e. The van der Waals surface area contributed by atoms with Gasteiger partial charge in [-0.2, -0.15) is 0 Å². The molecule has 1 N–H and O–H groups in total. The molecule has 0 unspecified atom stereocenters. The molecule has 172 valence electrons.